The van der Waals surface area contributed by atoms with Crippen molar-refractivity contribution in [1.29, 1.82) is 0 Å². The van der Waals surface area contributed by atoms with Crippen LogP contribution < -0.4 is 4.74 Å². The molecule has 1 atom stereocenters. The average Bonchev–Trinajstić information content (AvgIpc) is 3.20. The molecule has 1 unspecified atom stereocenters. The highest BCUT2D eigenvalue weighted by Crippen LogP contribution is 2.20. The van der Waals surface area contributed by atoms with Gasteiger partial charge in [0.15, 0.2) is 17.7 Å². The first kappa shape index (κ1) is 18.7. The summed E-state index contributed by atoms with van der Waals surface area (Å²) in [4.78, 5) is 14.8. The van der Waals surface area contributed by atoms with Crippen molar-refractivity contribution < 1.29 is 18.3 Å². The number of benzene rings is 2. The second kappa shape index (κ2) is 9.03. The molecule has 0 fully saturated rings. The van der Waals surface area contributed by atoms with Crippen molar-refractivity contribution in [2.45, 2.75) is 32.5 Å². The number of ether oxygens (including phenoxy) is 1. The van der Waals surface area contributed by atoms with Gasteiger partial charge >= 0.3 is 0 Å². The number of nitrogens with zero attached hydrogens (tertiary/aromatic N) is 1. The molecule has 0 spiro atoms. The van der Waals surface area contributed by atoms with Gasteiger partial charge in [-0.15, -0.1) is 0 Å². The lowest BCUT2D eigenvalue weighted by atomic mass is 10.1. The molecule has 3 aromatic rings. The summed E-state index contributed by atoms with van der Waals surface area (Å²) in [5.41, 5.74) is 0.998. The van der Waals surface area contributed by atoms with E-state index in [2.05, 4.69) is 0 Å². The molecule has 0 bridgehead atoms. The van der Waals surface area contributed by atoms with Gasteiger partial charge in [-0.25, -0.2) is 4.39 Å². The molecule has 0 aliphatic heterocycles. The fourth-order valence-electron chi connectivity index (χ4n) is 2.81. The zero-order chi connectivity index (χ0) is 19.1. The van der Waals surface area contributed by atoms with Gasteiger partial charge in [0.05, 0.1) is 12.8 Å². The molecule has 0 N–H and O–H groups in total. The van der Waals surface area contributed by atoms with Crippen LogP contribution in [0.1, 0.15) is 24.7 Å². The van der Waals surface area contributed by atoms with Crippen LogP contribution in [-0.4, -0.2) is 16.9 Å². The molecule has 0 radical (unpaired) electrons. The Labute approximate surface area is 158 Å². The lowest BCUT2D eigenvalue weighted by molar-refractivity contribution is -0.140. The number of hydrogen-bond donors (Lipinski definition) is 0. The smallest absolute Gasteiger partial charge is 0.264 e. The van der Waals surface area contributed by atoms with Crippen LogP contribution >= 0.6 is 0 Å². The van der Waals surface area contributed by atoms with Gasteiger partial charge in [0.2, 0.25) is 0 Å². The van der Waals surface area contributed by atoms with Crippen LogP contribution in [-0.2, 0) is 17.9 Å². The number of carbonyl (C=O) groups excluding carboxylic acids is 1. The monoisotopic (exact) mass is 367 g/mol. The fraction of sp³-hybridized carbons (Fsp3) is 0.227. The maximum atomic E-state index is 13.9. The Morgan fingerprint density at radius 3 is 2.44 bits per heavy atom. The van der Waals surface area contributed by atoms with Crippen LogP contribution in [0.2, 0.25) is 0 Å². The van der Waals surface area contributed by atoms with Crippen molar-refractivity contribution in [3.63, 3.8) is 0 Å². The van der Waals surface area contributed by atoms with Gasteiger partial charge in [-0.1, -0.05) is 49.4 Å². The zero-order valence-electron chi connectivity index (χ0n) is 15.2. The summed E-state index contributed by atoms with van der Waals surface area (Å²) in [6.45, 7) is 2.58. The second-order valence-electron chi connectivity index (χ2n) is 6.20. The topological polar surface area (TPSA) is 42.7 Å². The van der Waals surface area contributed by atoms with Gasteiger partial charge in [-0.05, 0) is 36.2 Å². The van der Waals surface area contributed by atoms with E-state index in [0.717, 1.165) is 5.56 Å². The minimum absolute atomic E-state index is 0.0790. The van der Waals surface area contributed by atoms with E-state index in [1.807, 2.05) is 43.3 Å². The van der Waals surface area contributed by atoms with Crippen LogP contribution in [0.25, 0.3) is 0 Å². The van der Waals surface area contributed by atoms with E-state index in [1.165, 1.54) is 12.1 Å². The predicted molar refractivity (Wildman–Crippen MR) is 101 cm³/mol. The summed E-state index contributed by atoms with van der Waals surface area (Å²) < 4.78 is 25.0. The van der Waals surface area contributed by atoms with E-state index < -0.39 is 11.9 Å². The number of furan rings is 1. The van der Waals surface area contributed by atoms with Crippen LogP contribution in [0.15, 0.2) is 77.4 Å². The van der Waals surface area contributed by atoms with Gasteiger partial charge in [0.1, 0.15) is 5.76 Å². The minimum Gasteiger partial charge on any atom is -0.478 e. The highest BCUT2D eigenvalue weighted by Gasteiger charge is 2.26. The molecule has 1 aromatic heterocycles. The molecule has 0 aliphatic carbocycles. The first-order valence-corrected chi connectivity index (χ1v) is 8.93. The van der Waals surface area contributed by atoms with Crippen molar-refractivity contribution in [2.75, 3.05) is 0 Å². The van der Waals surface area contributed by atoms with E-state index >= 15 is 0 Å². The Hall–Kier alpha value is -3.08. The molecule has 27 heavy (non-hydrogen) atoms. The summed E-state index contributed by atoms with van der Waals surface area (Å²) in [5.74, 6) is 0.0702. The quantitative estimate of drug-likeness (QED) is 0.574. The van der Waals surface area contributed by atoms with E-state index in [9.17, 15) is 9.18 Å². The first-order chi connectivity index (χ1) is 13.2. The molecule has 140 valence electrons. The summed E-state index contributed by atoms with van der Waals surface area (Å²) in [5, 5.41) is 0. The lowest BCUT2D eigenvalue weighted by Crippen LogP contribution is -2.41. The molecule has 1 amide bonds. The molecule has 2 aromatic carbocycles. The Morgan fingerprint density at radius 1 is 1.04 bits per heavy atom. The van der Waals surface area contributed by atoms with Gasteiger partial charge in [-0.3, -0.25) is 4.79 Å². The van der Waals surface area contributed by atoms with E-state index in [-0.39, 0.29) is 11.7 Å². The Balaban J connectivity index is 1.80. The van der Waals surface area contributed by atoms with Crippen LogP contribution in [0.4, 0.5) is 4.39 Å². The summed E-state index contributed by atoms with van der Waals surface area (Å²) in [6, 6.07) is 19.4. The van der Waals surface area contributed by atoms with Crippen LogP contribution in [0.5, 0.6) is 5.75 Å². The summed E-state index contributed by atoms with van der Waals surface area (Å²) >= 11 is 0. The van der Waals surface area contributed by atoms with Gasteiger partial charge in [-0.2, -0.15) is 0 Å². The fourth-order valence-corrected chi connectivity index (χ4v) is 2.81. The predicted octanol–water partition coefficient (Wildman–Crippen LogP) is 4.81. The van der Waals surface area contributed by atoms with Crippen LogP contribution in [0, 0.1) is 5.82 Å². The summed E-state index contributed by atoms with van der Waals surface area (Å²) in [6.07, 6.45) is 1.23. The normalized spacial score (nSPS) is 11.8. The highest BCUT2D eigenvalue weighted by molar-refractivity contribution is 5.81. The number of para-hydroxylation sites is 1. The van der Waals surface area contributed by atoms with E-state index in [4.69, 9.17) is 9.15 Å². The maximum absolute atomic E-state index is 13.9. The SMILES string of the molecule is CCC(Oc1ccccc1F)C(=O)N(Cc1ccccc1)Cc1ccco1. The Bertz CT molecular complexity index is 849. The van der Waals surface area contributed by atoms with Crippen molar-refractivity contribution in [3.05, 3.63) is 90.1 Å². The number of carbonyl (C=O) groups is 1. The van der Waals surface area contributed by atoms with Crippen molar-refractivity contribution in [3.8, 4) is 5.75 Å². The second-order valence-corrected chi connectivity index (χ2v) is 6.20. The standard InChI is InChI=1S/C22H22FNO3/c1-2-20(27-21-13-7-6-12-19(21)23)22(25)24(16-18-11-8-14-26-18)15-17-9-4-3-5-10-17/h3-14,20H,2,15-16H2,1H3. The van der Waals surface area contributed by atoms with E-state index in [1.54, 1.807) is 29.4 Å². The van der Waals surface area contributed by atoms with Gasteiger partial charge < -0.3 is 14.1 Å². The number of halogens is 1. The molecule has 0 saturated heterocycles. The molecule has 3 rings (SSSR count). The van der Waals surface area contributed by atoms with Gasteiger partial charge in [0.25, 0.3) is 5.91 Å². The molecule has 0 saturated carbocycles. The van der Waals surface area contributed by atoms with Crippen LogP contribution in [0.3, 0.4) is 0 Å². The molecule has 4 nitrogen and oxygen atoms in total. The molecule has 5 heteroatoms. The third-order valence-corrected chi connectivity index (χ3v) is 4.21. The molecular formula is C22H22FNO3. The van der Waals surface area contributed by atoms with E-state index in [0.29, 0.717) is 25.3 Å². The van der Waals surface area contributed by atoms with Crippen molar-refractivity contribution in [1.82, 2.24) is 4.90 Å². The number of amides is 1. The summed E-state index contributed by atoms with van der Waals surface area (Å²) in [7, 11) is 0. The van der Waals surface area contributed by atoms with Gasteiger partial charge in [0, 0.05) is 6.54 Å². The third-order valence-electron chi connectivity index (χ3n) is 4.21. The first-order valence-electron chi connectivity index (χ1n) is 8.93. The molecule has 0 aliphatic rings. The number of rotatable bonds is 8. The Kier molecular flexibility index (Phi) is 6.26. The Morgan fingerprint density at radius 2 is 1.78 bits per heavy atom. The third kappa shape index (κ3) is 4.97. The number of hydrogen-bond acceptors (Lipinski definition) is 3. The van der Waals surface area contributed by atoms with Crippen molar-refractivity contribution >= 4 is 5.91 Å². The average molecular weight is 367 g/mol. The zero-order valence-corrected chi connectivity index (χ0v) is 15.2. The largest absolute Gasteiger partial charge is 0.478 e. The lowest BCUT2D eigenvalue weighted by Gasteiger charge is -2.27. The maximum Gasteiger partial charge on any atom is 0.264 e. The highest BCUT2D eigenvalue weighted by atomic mass is 19.1. The van der Waals surface area contributed by atoms with Crippen molar-refractivity contribution in [2.24, 2.45) is 0 Å². The minimum atomic E-state index is -0.777. The molecule has 1 heterocycles. The molecular weight excluding hydrogens is 345 g/mol.